The number of methoxy groups -OCH3 is 1. The molecule has 0 fully saturated rings. The van der Waals surface area contributed by atoms with Gasteiger partial charge < -0.3 is 19.0 Å². The highest BCUT2D eigenvalue weighted by Gasteiger charge is 2.26. The highest BCUT2D eigenvalue weighted by atomic mass is 16.5. The van der Waals surface area contributed by atoms with E-state index in [1.165, 1.54) is 13.2 Å². The van der Waals surface area contributed by atoms with Gasteiger partial charge in [0.15, 0.2) is 5.76 Å². The molecule has 1 atom stereocenters. The molecule has 29 heavy (non-hydrogen) atoms. The second-order valence-electron chi connectivity index (χ2n) is 6.45. The molecule has 7 nitrogen and oxygen atoms in total. The molecule has 1 aromatic carbocycles. The van der Waals surface area contributed by atoms with Gasteiger partial charge in [0.1, 0.15) is 18.1 Å². The third-order valence-corrected chi connectivity index (χ3v) is 4.38. The number of aromatic hydroxyl groups is 1. The van der Waals surface area contributed by atoms with Crippen LogP contribution >= 0.6 is 0 Å². The number of aryl methyl sites for hydroxylation is 1. The van der Waals surface area contributed by atoms with E-state index in [1.54, 1.807) is 37.4 Å². The van der Waals surface area contributed by atoms with E-state index in [2.05, 4.69) is 4.98 Å². The fourth-order valence-electron chi connectivity index (χ4n) is 2.91. The number of carbonyl (C=O) groups is 1. The van der Waals surface area contributed by atoms with E-state index in [0.29, 0.717) is 23.7 Å². The van der Waals surface area contributed by atoms with Crippen LogP contribution in [0.25, 0.3) is 0 Å². The molecule has 3 aromatic rings. The monoisotopic (exact) mass is 395 g/mol. The Morgan fingerprint density at radius 1 is 1.21 bits per heavy atom. The van der Waals surface area contributed by atoms with Crippen molar-refractivity contribution in [2.75, 3.05) is 7.11 Å². The lowest BCUT2D eigenvalue weighted by Gasteiger charge is -2.17. The number of hydrogen-bond acceptors (Lipinski definition) is 7. The van der Waals surface area contributed by atoms with Gasteiger partial charge in [-0.3, -0.25) is 14.6 Å². The van der Waals surface area contributed by atoms with Gasteiger partial charge in [0.25, 0.3) is 0 Å². The normalized spacial score (nSPS) is 11.7. The summed E-state index contributed by atoms with van der Waals surface area (Å²) >= 11 is 0. The second-order valence-corrected chi connectivity index (χ2v) is 6.45. The minimum absolute atomic E-state index is 0.0301. The average Bonchev–Trinajstić information content (AvgIpc) is 2.74. The predicted molar refractivity (Wildman–Crippen MR) is 105 cm³/mol. The van der Waals surface area contributed by atoms with Gasteiger partial charge in [0.05, 0.1) is 25.1 Å². The van der Waals surface area contributed by atoms with Crippen LogP contribution in [-0.4, -0.2) is 23.2 Å². The molecule has 3 rings (SSSR count). The van der Waals surface area contributed by atoms with Crippen molar-refractivity contribution >= 4 is 5.97 Å². The first-order valence-corrected chi connectivity index (χ1v) is 9.01. The first-order chi connectivity index (χ1) is 14.0. The van der Waals surface area contributed by atoms with Crippen LogP contribution in [0.15, 0.2) is 63.9 Å². The van der Waals surface area contributed by atoms with Crippen molar-refractivity contribution in [1.82, 2.24) is 4.98 Å². The minimum Gasteiger partial charge on any atom is -0.502 e. The molecule has 0 aliphatic rings. The van der Waals surface area contributed by atoms with Crippen LogP contribution in [-0.2, 0) is 16.1 Å². The van der Waals surface area contributed by atoms with Crippen LogP contribution in [0.1, 0.15) is 35.1 Å². The van der Waals surface area contributed by atoms with Crippen molar-refractivity contribution in [1.29, 1.82) is 0 Å². The molecule has 1 N–H and O–H groups in total. The van der Waals surface area contributed by atoms with Crippen molar-refractivity contribution < 1.29 is 23.8 Å². The summed E-state index contributed by atoms with van der Waals surface area (Å²) in [6.45, 7) is 1.92. The molecule has 0 aliphatic carbocycles. The molecule has 2 aromatic heterocycles. The predicted octanol–water partition coefficient (Wildman–Crippen LogP) is 3.32. The van der Waals surface area contributed by atoms with Gasteiger partial charge in [-0.2, -0.15) is 0 Å². The Morgan fingerprint density at radius 3 is 2.62 bits per heavy atom. The number of ether oxygens (including phenoxy) is 2. The van der Waals surface area contributed by atoms with Gasteiger partial charge in [-0.05, 0) is 36.8 Å². The summed E-state index contributed by atoms with van der Waals surface area (Å²) in [7, 11) is 1.28. The summed E-state index contributed by atoms with van der Waals surface area (Å²) in [5, 5.41) is 10.2. The lowest BCUT2D eigenvalue weighted by molar-refractivity contribution is -0.140. The summed E-state index contributed by atoms with van der Waals surface area (Å²) in [6, 6.07) is 13.8. The van der Waals surface area contributed by atoms with E-state index in [9.17, 15) is 14.7 Å². The molecule has 0 saturated heterocycles. The molecule has 2 heterocycles. The van der Waals surface area contributed by atoms with Gasteiger partial charge in [-0.15, -0.1) is 0 Å². The molecule has 0 aliphatic heterocycles. The number of carbonyl (C=O) groups excluding carboxylic acids is 1. The van der Waals surface area contributed by atoms with Crippen molar-refractivity contribution in [2.45, 2.75) is 25.9 Å². The molecule has 0 radical (unpaired) electrons. The Kier molecular flexibility index (Phi) is 6.29. The van der Waals surface area contributed by atoms with Gasteiger partial charge in [0.2, 0.25) is 11.2 Å². The molecule has 0 unspecified atom stereocenters. The van der Waals surface area contributed by atoms with Crippen LogP contribution in [0.5, 0.6) is 11.5 Å². The highest BCUT2D eigenvalue weighted by Crippen LogP contribution is 2.34. The number of hydrogen-bond donors (Lipinski definition) is 1. The number of aromatic nitrogens is 1. The third-order valence-electron chi connectivity index (χ3n) is 4.38. The Bertz CT molecular complexity index is 1030. The van der Waals surface area contributed by atoms with Crippen molar-refractivity contribution in [3.8, 4) is 11.5 Å². The summed E-state index contributed by atoms with van der Waals surface area (Å²) in [6.07, 6.45) is 1.60. The SMILES string of the molecule is COC(=O)C[C@H](c1ccc(OCc2ccccn2)cc1)c1oc(C)cc(=O)c1O. The minimum atomic E-state index is -0.681. The third kappa shape index (κ3) is 5.01. The number of benzene rings is 1. The Hall–Kier alpha value is -3.61. The van der Waals surface area contributed by atoms with Crippen LogP contribution < -0.4 is 10.2 Å². The van der Waals surface area contributed by atoms with E-state index in [1.807, 2.05) is 18.2 Å². The van der Waals surface area contributed by atoms with E-state index < -0.39 is 23.1 Å². The molecular weight excluding hydrogens is 374 g/mol. The first kappa shape index (κ1) is 20.1. The maximum Gasteiger partial charge on any atom is 0.306 e. The quantitative estimate of drug-likeness (QED) is 0.613. The fraction of sp³-hybridized carbons (Fsp3) is 0.227. The van der Waals surface area contributed by atoms with Crippen LogP contribution in [0.4, 0.5) is 0 Å². The topological polar surface area (TPSA) is 98.9 Å². The summed E-state index contributed by atoms with van der Waals surface area (Å²) in [5.41, 5.74) is 0.908. The maximum absolute atomic E-state index is 12.0. The summed E-state index contributed by atoms with van der Waals surface area (Å²) in [5.74, 6) is -0.699. The zero-order valence-electron chi connectivity index (χ0n) is 16.1. The molecule has 0 bridgehead atoms. The van der Waals surface area contributed by atoms with Gasteiger partial charge in [-0.25, -0.2) is 0 Å². The molecular formula is C22H21NO6. The molecule has 150 valence electrons. The van der Waals surface area contributed by atoms with Crippen molar-refractivity contribution in [3.05, 3.63) is 87.7 Å². The van der Waals surface area contributed by atoms with Gasteiger partial charge >= 0.3 is 5.97 Å². The zero-order valence-corrected chi connectivity index (χ0v) is 16.1. The van der Waals surface area contributed by atoms with Crippen LogP contribution in [0, 0.1) is 6.92 Å². The standard InChI is InChI=1S/C22H21NO6/c1-14-11-19(24)21(26)22(29-14)18(12-20(25)27-2)15-6-8-17(9-7-15)28-13-16-5-3-4-10-23-16/h3-11,18,26H,12-13H2,1-2H3/t18-/m1/s1. The Balaban J connectivity index is 1.86. The molecule has 0 spiro atoms. The van der Waals surface area contributed by atoms with Crippen LogP contribution in [0.2, 0.25) is 0 Å². The second kappa shape index (κ2) is 9.05. The van der Waals surface area contributed by atoms with Crippen molar-refractivity contribution in [3.63, 3.8) is 0 Å². The average molecular weight is 395 g/mol. The number of esters is 1. The Morgan fingerprint density at radius 2 is 1.97 bits per heavy atom. The summed E-state index contributed by atoms with van der Waals surface area (Å²) in [4.78, 5) is 28.1. The number of nitrogens with zero attached hydrogens (tertiary/aromatic N) is 1. The van der Waals surface area contributed by atoms with E-state index in [4.69, 9.17) is 13.9 Å². The van der Waals surface area contributed by atoms with Crippen LogP contribution in [0.3, 0.4) is 0 Å². The zero-order chi connectivity index (χ0) is 20.8. The van der Waals surface area contributed by atoms with Gasteiger partial charge in [-0.1, -0.05) is 18.2 Å². The molecule has 0 saturated carbocycles. The first-order valence-electron chi connectivity index (χ1n) is 9.01. The fourth-order valence-corrected chi connectivity index (χ4v) is 2.91. The van der Waals surface area contributed by atoms with E-state index in [-0.39, 0.29) is 12.2 Å². The lowest BCUT2D eigenvalue weighted by Crippen LogP contribution is -2.13. The largest absolute Gasteiger partial charge is 0.502 e. The van der Waals surface area contributed by atoms with E-state index >= 15 is 0 Å². The summed E-state index contributed by atoms with van der Waals surface area (Å²) < 4.78 is 16.1. The lowest BCUT2D eigenvalue weighted by atomic mass is 9.92. The Labute approximate surface area is 167 Å². The maximum atomic E-state index is 12.0. The molecule has 7 heteroatoms. The van der Waals surface area contributed by atoms with Gasteiger partial charge in [0, 0.05) is 12.3 Å². The highest BCUT2D eigenvalue weighted by molar-refractivity contribution is 5.71. The molecule has 0 amide bonds. The number of pyridine rings is 1. The smallest absolute Gasteiger partial charge is 0.306 e. The van der Waals surface area contributed by atoms with Crippen molar-refractivity contribution in [2.24, 2.45) is 0 Å². The van der Waals surface area contributed by atoms with E-state index in [0.717, 1.165) is 5.69 Å². The number of rotatable bonds is 7.